The van der Waals surface area contributed by atoms with E-state index in [1.807, 2.05) is 0 Å². The van der Waals surface area contributed by atoms with Crippen LogP contribution >= 0.6 is 11.8 Å². The van der Waals surface area contributed by atoms with Crippen molar-refractivity contribution in [3.8, 4) is 0 Å². The third-order valence-electron chi connectivity index (χ3n) is 1.46. The van der Waals surface area contributed by atoms with Gasteiger partial charge in [-0.25, -0.2) is 0 Å². The van der Waals surface area contributed by atoms with Crippen LogP contribution in [0.5, 0.6) is 0 Å². The van der Waals surface area contributed by atoms with Crippen LogP contribution in [0.25, 0.3) is 0 Å². The molecule has 0 saturated heterocycles. The van der Waals surface area contributed by atoms with Gasteiger partial charge in [-0.05, 0) is 6.92 Å². The van der Waals surface area contributed by atoms with Crippen molar-refractivity contribution in [3.05, 3.63) is 0 Å². The molecule has 0 spiro atoms. The molecule has 0 bridgehead atoms. The molecule has 5 nitrogen and oxygen atoms in total. The maximum Gasteiger partial charge on any atom is 0.321 e. The fourth-order valence-corrected chi connectivity index (χ4v) is 1.51. The molecule has 0 aromatic rings. The van der Waals surface area contributed by atoms with Crippen molar-refractivity contribution in [2.75, 3.05) is 12.8 Å². The Balaban J connectivity index is 3.76. The summed E-state index contributed by atoms with van der Waals surface area (Å²) in [6.45, 7) is 1.71. The smallest absolute Gasteiger partial charge is 0.321 e. The highest BCUT2D eigenvalue weighted by Gasteiger charge is 2.16. The fraction of sp³-hybridized carbons (Fsp3) is 0.714. The van der Waals surface area contributed by atoms with E-state index in [4.69, 9.17) is 10.8 Å². The third kappa shape index (κ3) is 4.74. The highest BCUT2D eigenvalue weighted by molar-refractivity contribution is 8.00. The number of carboxylic acid groups (broad SMARTS) is 1. The number of carboxylic acids is 1. The molecule has 0 aliphatic rings. The van der Waals surface area contributed by atoms with Gasteiger partial charge in [0.2, 0.25) is 5.91 Å². The Labute approximate surface area is 81.1 Å². The lowest BCUT2D eigenvalue weighted by Gasteiger charge is -2.11. The van der Waals surface area contributed by atoms with Gasteiger partial charge in [-0.1, -0.05) is 0 Å². The molecule has 1 unspecified atom stereocenters. The summed E-state index contributed by atoms with van der Waals surface area (Å²) < 4.78 is 0. The minimum Gasteiger partial charge on any atom is -0.480 e. The molecule has 2 atom stereocenters. The zero-order valence-electron chi connectivity index (χ0n) is 7.61. The van der Waals surface area contributed by atoms with E-state index in [9.17, 15) is 9.59 Å². The molecule has 1 amide bonds. The van der Waals surface area contributed by atoms with Gasteiger partial charge >= 0.3 is 5.97 Å². The first kappa shape index (κ1) is 12.2. The molecule has 0 aromatic heterocycles. The number of nitrogens with two attached hydrogens (primary N) is 1. The van der Waals surface area contributed by atoms with Crippen molar-refractivity contribution >= 4 is 23.6 Å². The lowest BCUT2D eigenvalue weighted by Crippen LogP contribution is -2.35. The lowest BCUT2D eigenvalue weighted by molar-refractivity contribution is -0.138. The summed E-state index contributed by atoms with van der Waals surface area (Å²) in [6.07, 6.45) is 0. The summed E-state index contributed by atoms with van der Waals surface area (Å²) in [5.41, 5.74) is 5.25. The zero-order valence-corrected chi connectivity index (χ0v) is 8.43. The molecule has 0 aliphatic heterocycles. The van der Waals surface area contributed by atoms with E-state index in [1.54, 1.807) is 6.92 Å². The van der Waals surface area contributed by atoms with Crippen molar-refractivity contribution in [1.29, 1.82) is 0 Å². The standard InChI is InChI=1S/C7H14N2O3S/c1-4(6(10)9-2)13-3-5(8)7(11)12/h4-5H,3,8H2,1-2H3,(H,9,10)(H,11,12)/t4?,5-/m1/s1. The Hall–Kier alpha value is -0.750. The highest BCUT2D eigenvalue weighted by atomic mass is 32.2. The second kappa shape index (κ2) is 5.82. The number of nitrogens with one attached hydrogen (secondary N) is 1. The van der Waals surface area contributed by atoms with E-state index in [0.717, 1.165) is 0 Å². The molecular formula is C7H14N2O3S. The van der Waals surface area contributed by atoms with Crippen LogP contribution in [0.1, 0.15) is 6.92 Å². The summed E-state index contributed by atoms with van der Waals surface area (Å²) in [6, 6.07) is -0.905. The molecule has 6 heteroatoms. The Bertz CT molecular complexity index is 198. The van der Waals surface area contributed by atoms with E-state index < -0.39 is 12.0 Å². The molecule has 0 saturated carbocycles. The van der Waals surface area contributed by atoms with Crippen molar-refractivity contribution < 1.29 is 14.7 Å². The maximum absolute atomic E-state index is 11.0. The average Bonchev–Trinajstić information content (AvgIpc) is 2.11. The topological polar surface area (TPSA) is 92.4 Å². The molecule has 76 valence electrons. The summed E-state index contributed by atoms with van der Waals surface area (Å²) in [7, 11) is 1.54. The summed E-state index contributed by atoms with van der Waals surface area (Å²) in [5.74, 6) is -0.927. The second-order valence-corrected chi connectivity index (χ2v) is 3.91. The van der Waals surface area contributed by atoms with E-state index in [2.05, 4.69) is 5.32 Å². The van der Waals surface area contributed by atoms with E-state index in [0.29, 0.717) is 0 Å². The molecule has 13 heavy (non-hydrogen) atoms. The SMILES string of the molecule is CNC(=O)C(C)SC[C@@H](N)C(=O)O. The number of thioether (sulfide) groups is 1. The molecule has 0 fully saturated rings. The minimum atomic E-state index is -1.04. The van der Waals surface area contributed by atoms with Crippen LogP contribution in [0.2, 0.25) is 0 Å². The number of carbonyl (C=O) groups excluding carboxylic acids is 1. The number of rotatable bonds is 5. The van der Waals surface area contributed by atoms with Crippen LogP contribution in [0.3, 0.4) is 0 Å². The van der Waals surface area contributed by atoms with Gasteiger partial charge in [-0.15, -0.1) is 11.8 Å². The predicted molar refractivity (Wildman–Crippen MR) is 51.6 cm³/mol. The third-order valence-corrected chi connectivity index (χ3v) is 2.72. The number of carbonyl (C=O) groups is 2. The van der Waals surface area contributed by atoms with E-state index in [-0.39, 0.29) is 16.9 Å². The molecule has 0 aromatic carbocycles. The van der Waals surface area contributed by atoms with Crippen LogP contribution < -0.4 is 11.1 Å². The Kier molecular flexibility index (Phi) is 5.48. The first-order valence-electron chi connectivity index (χ1n) is 3.80. The van der Waals surface area contributed by atoms with Gasteiger partial charge in [0, 0.05) is 12.8 Å². The maximum atomic E-state index is 11.0. The molecule has 0 heterocycles. The van der Waals surface area contributed by atoms with Crippen LogP contribution in [0, 0.1) is 0 Å². The quantitative estimate of drug-likeness (QED) is 0.551. The van der Waals surface area contributed by atoms with Gasteiger partial charge in [-0.3, -0.25) is 9.59 Å². The Morgan fingerprint density at radius 3 is 2.54 bits per heavy atom. The van der Waals surface area contributed by atoms with E-state index in [1.165, 1.54) is 18.8 Å². The summed E-state index contributed by atoms with van der Waals surface area (Å²) in [5, 5.41) is 10.7. The van der Waals surface area contributed by atoms with Crippen molar-refractivity contribution in [3.63, 3.8) is 0 Å². The van der Waals surface area contributed by atoms with Gasteiger partial charge in [-0.2, -0.15) is 0 Å². The molecule has 4 N–H and O–H groups in total. The largest absolute Gasteiger partial charge is 0.480 e. The van der Waals surface area contributed by atoms with Crippen LogP contribution in [-0.2, 0) is 9.59 Å². The number of hydrogen-bond donors (Lipinski definition) is 3. The van der Waals surface area contributed by atoms with Crippen molar-refractivity contribution in [2.24, 2.45) is 5.73 Å². The monoisotopic (exact) mass is 206 g/mol. The summed E-state index contributed by atoms with van der Waals surface area (Å²) in [4.78, 5) is 21.3. The first-order chi connectivity index (χ1) is 5.99. The second-order valence-electron chi connectivity index (χ2n) is 2.53. The van der Waals surface area contributed by atoms with Crippen molar-refractivity contribution in [1.82, 2.24) is 5.32 Å². The normalized spacial score (nSPS) is 14.7. The molecule has 0 rings (SSSR count). The Morgan fingerprint density at radius 1 is 1.62 bits per heavy atom. The van der Waals surface area contributed by atoms with Gasteiger partial charge < -0.3 is 16.2 Å². The average molecular weight is 206 g/mol. The lowest BCUT2D eigenvalue weighted by atomic mass is 10.4. The fourth-order valence-electron chi connectivity index (χ4n) is 0.598. The predicted octanol–water partition coefficient (Wildman–Crippen LogP) is -0.734. The van der Waals surface area contributed by atoms with Crippen LogP contribution in [-0.4, -0.2) is 41.1 Å². The molecular weight excluding hydrogens is 192 g/mol. The van der Waals surface area contributed by atoms with Gasteiger partial charge in [0.25, 0.3) is 0 Å². The van der Waals surface area contributed by atoms with Crippen molar-refractivity contribution in [2.45, 2.75) is 18.2 Å². The minimum absolute atomic E-state index is 0.123. The number of amides is 1. The molecule has 0 aliphatic carbocycles. The Morgan fingerprint density at radius 2 is 2.15 bits per heavy atom. The first-order valence-corrected chi connectivity index (χ1v) is 4.85. The van der Waals surface area contributed by atoms with Crippen LogP contribution in [0.15, 0.2) is 0 Å². The zero-order chi connectivity index (χ0) is 10.4. The molecule has 0 radical (unpaired) electrons. The summed E-state index contributed by atoms with van der Waals surface area (Å²) >= 11 is 1.23. The van der Waals surface area contributed by atoms with Gasteiger partial charge in [0.15, 0.2) is 0 Å². The van der Waals surface area contributed by atoms with E-state index >= 15 is 0 Å². The van der Waals surface area contributed by atoms with Gasteiger partial charge in [0.05, 0.1) is 5.25 Å². The highest BCUT2D eigenvalue weighted by Crippen LogP contribution is 2.10. The van der Waals surface area contributed by atoms with Crippen LogP contribution in [0.4, 0.5) is 0 Å². The number of hydrogen-bond acceptors (Lipinski definition) is 4. The number of aliphatic carboxylic acids is 1. The van der Waals surface area contributed by atoms with Gasteiger partial charge in [0.1, 0.15) is 6.04 Å².